The van der Waals surface area contributed by atoms with E-state index in [9.17, 15) is 22.0 Å². The number of aromatic nitrogens is 1. The zero-order valence-corrected chi connectivity index (χ0v) is 18.3. The number of urea groups is 1. The lowest BCUT2D eigenvalue weighted by Crippen LogP contribution is -2.31. The third-order valence-electron chi connectivity index (χ3n) is 4.17. The van der Waals surface area contributed by atoms with Crippen LogP contribution in [0.3, 0.4) is 0 Å². The standard InChI is InChI=1S/C19H18F2N4O4S2/c1-11-4-5-14(9-16(11)31(27,28)22-2)25(3)19(26)24-18-23-10-17(30-18)29-15-7-12(20)6-13(21)8-15/h4-10,22H,1-3H3,(H,23,24,26). The van der Waals surface area contributed by atoms with E-state index in [4.69, 9.17) is 4.74 Å². The smallest absolute Gasteiger partial charge is 0.327 e. The van der Waals surface area contributed by atoms with Crippen molar-refractivity contribution in [1.29, 1.82) is 0 Å². The summed E-state index contributed by atoms with van der Waals surface area (Å²) in [5.41, 5.74) is 0.877. The molecule has 164 valence electrons. The topological polar surface area (TPSA) is 101 Å². The maximum atomic E-state index is 13.3. The number of anilines is 2. The van der Waals surface area contributed by atoms with Crippen LogP contribution >= 0.6 is 11.3 Å². The summed E-state index contributed by atoms with van der Waals surface area (Å²) >= 11 is 0.951. The molecule has 8 nitrogen and oxygen atoms in total. The van der Waals surface area contributed by atoms with Gasteiger partial charge >= 0.3 is 6.03 Å². The van der Waals surface area contributed by atoms with Crippen LogP contribution in [0.5, 0.6) is 10.8 Å². The molecule has 0 aliphatic carbocycles. The van der Waals surface area contributed by atoms with Gasteiger partial charge in [0.1, 0.15) is 17.4 Å². The second-order valence-electron chi connectivity index (χ2n) is 6.34. The number of aryl methyl sites for hydroxylation is 1. The number of nitrogens with one attached hydrogen (secondary N) is 2. The van der Waals surface area contributed by atoms with Crippen LogP contribution in [0.1, 0.15) is 5.56 Å². The molecule has 0 aliphatic rings. The molecule has 0 aliphatic heterocycles. The van der Waals surface area contributed by atoms with E-state index >= 15 is 0 Å². The molecule has 1 heterocycles. The Morgan fingerprint density at radius 1 is 1.16 bits per heavy atom. The van der Waals surface area contributed by atoms with Crippen LogP contribution in [-0.2, 0) is 10.0 Å². The van der Waals surface area contributed by atoms with E-state index in [2.05, 4.69) is 15.0 Å². The number of halogens is 2. The second kappa shape index (κ2) is 8.96. The Bertz CT molecular complexity index is 1210. The lowest BCUT2D eigenvalue weighted by atomic mass is 10.2. The number of ether oxygens (including phenoxy) is 1. The van der Waals surface area contributed by atoms with E-state index < -0.39 is 27.7 Å². The van der Waals surface area contributed by atoms with Crippen molar-refractivity contribution in [2.75, 3.05) is 24.3 Å². The van der Waals surface area contributed by atoms with Crippen molar-refractivity contribution in [1.82, 2.24) is 9.71 Å². The number of hydrogen-bond acceptors (Lipinski definition) is 6. The molecule has 0 radical (unpaired) electrons. The van der Waals surface area contributed by atoms with Crippen molar-refractivity contribution in [3.05, 3.63) is 59.8 Å². The quantitative estimate of drug-likeness (QED) is 0.567. The summed E-state index contributed by atoms with van der Waals surface area (Å²) in [5, 5.41) is 2.95. The first kappa shape index (κ1) is 22.6. The van der Waals surface area contributed by atoms with Gasteiger partial charge < -0.3 is 4.74 Å². The number of thiazole rings is 1. The fourth-order valence-electron chi connectivity index (χ4n) is 2.56. The monoisotopic (exact) mass is 468 g/mol. The van der Waals surface area contributed by atoms with Gasteiger partial charge in [-0.15, -0.1) is 0 Å². The minimum Gasteiger partial charge on any atom is -0.445 e. The molecule has 3 aromatic rings. The highest BCUT2D eigenvalue weighted by molar-refractivity contribution is 7.89. The molecule has 2 amide bonds. The normalized spacial score (nSPS) is 11.3. The van der Waals surface area contributed by atoms with Crippen molar-refractivity contribution in [2.24, 2.45) is 0 Å². The molecule has 0 unspecified atom stereocenters. The molecule has 2 N–H and O–H groups in total. The molecule has 0 bridgehead atoms. The summed E-state index contributed by atoms with van der Waals surface area (Å²) in [6.45, 7) is 1.65. The highest BCUT2D eigenvalue weighted by Gasteiger charge is 2.19. The van der Waals surface area contributed by atoms with E-state index in [1.54, 1.807) is 19.1 Å². The Kier molecular flexibility index (Phi) is 6.53. The summed E-state index contributed by atoms with van der Waals surface area (Å²) < 4.78 is 58.5. The van der Waals surface area contributed by atoms with Crippen LogP contribution < -0.4 is 19.7 Å². The number of nitrogens with zero attached hydrogens (tertiary/aromatic N) is 2. The van der Waals surface area contributed by atoms with Gasteiger partial charge in [-0.25, -0.2) is 31.7 Å². The first-order chi connectivity index (χ1) is 14.6. The van der Waals surface area contributed by atoms with Gasteiger partial charge in [-0.3, -0.25) is 10.2 Å². The molecule has 0 atom stereocenters. The molecule has 12 heteroatoms. The molecule has 31 heavy (non-hydrogen) atoms. The van der Waals surface area contributed by atoms with Gasteiger partial charge in [0.2, 0.25) is 15.1 Å². The molecule has 3 rings (SSSR count). The van der Waals surface area contributed by atoms with Crippen LogP contribution in [-0.4, -0.2) is 33.5 Å². The van der Waals surface area contributed by atoms with Crippen LogP contribution in [0.4, 0.5) is 24.4 Å². The Labute approximate surface area is 181 Å². The van der Waals surface area contributed by atoms with Crippen LogP contribution in [0.2, 0.25) is 0 Å². The molecule has 1 aromatic heterocycles. The van der Waals surface area contributed by atoms with Crippen molar-refractivity contribution in [3.8, 4) is 10.8 Å². The number of sulfonamides is 1. The van der Waals surface area contributed by atoms with Gasteiger partial charge in [0.15, 0.2) is 5.13 Å². The fourth-order valence-corrected chi connectivity index (χ4v) is 4.22. The summed E-state index contributed by atoms with van der Waals surface area (Å²) in [6, 6.07) is 6.77. The predicted molar refractivity (Wildman–Crippen MR) is 113 cm³/mol. The second-order valence-corrected chi connectivity index (χ2v) is 9.19. The van der Waals surface area contributed by atoms with Crippen LogP contribution in [0, 0.1) is 18.6 Å². The SMILES string of the molecule is CNS(=O)(=O)c1cc(N(C)C(=O)Nc2ncc(Oc3cc(F)cc(F)c3)s2)ccc1C. The number of carbonyl (C=O) groups excluding carboxylic acids is 1. The molecule has 0 saturated heterocycles. The third kappa shape index (κ3) is 5.34. The van der Waals surface area contributed by atoms with Gasteiger partial charge in [-0.05, 0) is 31.7 Å². The average molecular weight is 469 g/mol. The maximum absolute atomic E-state index is 13.3. The highest BCUT2D eigenvalue weighted by atomic mass is 32.2. The van der Waals surface area contributed by atoms with Gasteiger partial charge in [0, 0.05) is 30.9 Å². The van der Waals surface area contributed by atoms with Gasteiger partial charge in [0.05, 0.1) is 11.1 Å². The molecule has 2 aromatic carbocycles. The Hall–Kier alpha value is -3.09. The molecular formula is C19H18F2N4O4S2. The predicted octanol–water partition coefficient (Wildman–Crippen LogP) is 4.10. The molecule has 0 fully saturated rings. The van der Waals surface area contributed by atoms with Crippen molar-refractivity contribution >= 4 is 38.2 Å². The van der Waals surface area contributed by atoms with Crippen molar-refractivity contribution in [2.45, 2.75) is 11.8 Å². The van der Waals surface area contributed by atoms with Crippen molar-refractivity contribution < 1.29 is 26.7 Å². The van der Waals surface area contributed by atoms with Gasteiger partial charge in [-0.1, -0.05) is 17.4 Å². The van der Waals surface area contributed by atoms with E-state index in [1.807, 2.05) is 0 Å². The number of rotatable bonds is 6. The van der Waals surface area contributed by atoms with Crippen molar-refractivity contribution in [3.63, 3.8) is 0 Å². The van der Waals surface area contributed by atoms with E-state index in [0.717, 1.165) is 29.5 Å². The average Bonchev–Trinajstić information content (AvgIpc) is 3.13. The Morgan fingerprint density at radius 2 is 1.84 bits per heavy atom. The zero-order chi connectivity index (χ0) is 22.8. The Balaban J connectivity index is 1.73. The van der Waals surface area contributed by atoms with Crippen LogP contribution in [0.25, 0.3) is 0 Å². The van der Waals surface area contributed by atoms with Crippen LogP contribution in [0.15, 0.2) is 47.5 Å². The first-order valence-electron chi connectivity index (χ1n) is 8.78. The van der Waals surface area contributed by atoms with Gasteiger partial charge in [-0.2, -0.15) is 0 Å². The molecule has 0 spiro atoms. The van der Waals surface area contributed by atoms with E-state index in [1.165, 1.54) is 31.3 Å². The Morgan fingerprint density at radius 3 is 2.48 bits per heavy atom. The summed E-state index contributed by atoms with van der Waals surface area (Å²) in [6.07, 6.45) is 1.30. The third-order valence-corrected chi connectivity index (χ3v) is 6.52. The summed E-state index contributed by atoms with van der Waals surface area (Å²) in [4.78, 5) is 17.8. The molecule has 0 saturated carbocycles. The first-order valence-corrected chi connectivity index (χ1v) is 11.1. The maximum Gasteiger partial charge on any atom is 0.327 e. The minimum atomic E-state index is -3.69. The largest absolute Gasteiger partial charge is 0.445 e. The number of carbonyl (C=O) groups is 1. The zero-order valence-electron chi connectivity index (χ0n) is 16.6. The highest BCUT2D eigenvalue weighted by Crippen LogP contribution is 2.31. The van der Waals surface area contributed by atoms with E-state index in [0.29, 0.717) is 11.3 Å². The number of hydrogen-bond donors (Lipinski definition) is 2. The van der Waals surface area contributed by atoms with Gasteiger partial charge in [0.25, 0.3) is 0 Å². The lowest BCUT2D eigenvalue weighted by Gasteiger charge is -2.19. The summed E-state index contributed by atoms with van der Waals surface area (Å²) in [5.74, 6) is -1.62. The number of amides is 2. The number of benzene rings is 2. The van der Waals surface area contributed by atoms with E-state index in [-0.39, 0.29) is 20.8 Å². The molecular weight excluding hydrogens is 450 g/mol. The fraction of sp³-hybridized carbons (Fsp3) is 0.158. The summed E-state index contributed by atoms with van der Waals surface area (Å²) in [7, 11) is -0.918. The lowest BCUT2D eigenvalue weighted by molar-refractivity contribution is 0.258. The minimum absolute atomic E-state index is 0.0472.